The van der Waals surface area contributed by atoms with Crippen LogP contribution in [0.5, 0.6) is 0 Å². The van der Waals surface area contributed by atoms with Gasteiger partial charge in [-0.3, -0.25) is 4.90 Å². The maximum absolute atomic E-state index is 13.3. The molecule has 0 N–H and O–H groups in total. The lowest BCUT2D eigenvalue weighted by atomic mass is 10.1. The van der Waals surface area contributed by atoms with Crippen LogP contribution < -0.4 is 0 Å². The van der Waals surface area contributed by atoms with Crippen molar-refractivity contribution in [2.24, 2.45) is 0 Å². The summed E-state index contributed by atoms with van der Waals surface area (Å²) >= 11 is 0. The fourth-order valence-corrected chi connectivity index (χ4v) is 2.04. The summed E-state index contributed by atoms with van der Waals surface area (Å²) in [7, 11) is 0. The first-order chi connectivity index (χ1) is 8.25. The Kier molecular flexibility index (Phi) is 4.45. The smallest absolute Gasteiger partial charge is 0.129 e. The van der Waals surface area contributed by atoms with E-state index in [2.05, 4.69) is 4.90 Å². The van der Waals surface area contributed by atoms with E-state index >= 15 is 0 Å². The molecular weight excluding hydrogens is 224 g/mol. The second-order valence-electron chi connectivity index (χ2n) is 4.29. The van der Waals surface area contributed by atoms with E-state index in [4.69, 9.17) is 4.74 Å². The molecule has 94 valence electrons. The van der Waals surface area contributed by atoms with Gasteiger partial charge in [-0.15, -0.1) is 0 Å². The van der Waals surface area contributed by atoms with Crippen LogP contribution in [-0.2, 0) is 11.2 Å². The highest BCUT2D eigenvalue weighted by molar-refractivity contribution is 5.18. The number of hydrogen-bond donors (Lipinski definition) is 0. The Hall–Kier alpha value is -1.00. The number of rotatable bonds is 4. The van der Waals surface area contributed by atoms with E-state index in [-0.39, 0.29) is 0 Å². The standard InChI is InChI=1S/C13H17F2NO/c14-12-4-3-11(13(15)10-12)2-1-5-16-6-8-17-9-7-16/h3-4,10H,1-2,5-9H2. The van der Waals surface area contributed by atoms with Gasteiger partial charge in [0.2, 0.25) is 0 Å². The Labute approximate surface area is 100 Å². The molecule has 0 aromatic heterocycles. The molecule has 1 heterocycles. The summed E-state index contributed by atoms with van der Waals surface area (Å²) in [6.07, 6.45) is 1.55. The van der Waals surface area contributed by atoms with E-state index in [1.165, 1.54) is 12.1 Å². The maximum atomic E-state index is 13.3. The van der Waals surface area contributed by atoms with Gasteiger partial charge in [0.05, 0.1) is 13.2 Å². The van der Waals surface area contributed by atoms with Crippen molar-refractivity contribution in [3.05, 3.63) is 35.4 Å². The van der Waals surface area contributed by atoms with E-state index in [1.807, 2.05) is 0 Å². The van der Waals surface area contributed by atoms with E-state index in [1.54, 1.807) is 0 Å². The molecular formula is C13H17F2NO. The molecule has 2 rings (SSSR count). The minimum Gasteiger partial charge on any atom is -0.379 e. The van der Waals surface area contributed by atoms with Crippen LogP contribution in [-0.4, -0.2) is 37.7 Å². The van der Waals surface area contributed by atoms with Crippen LogP contribution in [0.25, 0.3) is 0 Å². The zero-order valence-electron chi connectivity index (χ0n) is 9.79. The van der Waals surface area contributed by atoms with Crippen molar-refractivity contribution >= 4 is 0 Å². The number of benzene rings is 1. The first kappa shape index (κ1) is 12.5. The summed E-state index contributed by atoms with van der Waals surface area (Å²) in [5, 5.41) is 0. The zero-order valence-corrected chi connectivity index (χ0v) is 9.79. The number of halogens is 2. The lowest BCUT2D eigenvalue weighted by molar-refractivity contribution is 0.0374. The van der Waals surface area contributed by atoms with E-state index in [0.717, 1.165) is 45.3 Å². The summed E-state index contributed by atoms with van der Waals surface area (Å²) < 4.78 is 31.3. The van der Waals surface area contributed by atoms with Crippen LogP contribution in [0.15, 0.2) is 18.2 Å². The maximum Gasteiger partial charge on any atom is 0.129 e. The first-order valence-electron chi connectivity index (χ1n) is 6.00. The monoisotopic (exact) mass is 241 g/mol. The average Bonchev–Trinajstić information content (AvgIpc) is 2.33. The Morgan fingerprint density at radius 1 is 1.18 bits per heavy atom. The predicted molar refractivity (Wildman–Crippen MR) is 61.9 cm³/mol. The topological polar surface area (TPSA) is 12.5 Å². The van der Waals surface area contributed by atoms with Crippen LogP contribution in [0.3, 0.4) is 0 Å². The van der Waals surface area contributed by atoms with Crippen LogP contribution >= 0.6 is 0 Å². The third-order valence-electron chi connectivity index (χ3n) is 3.04. The molecule has 17 heavy (non-hydrogen) atoms. The zero-order chi connectivity index (χ0) is 12.1. The summed E-state index contributed by atoms with van der Waals surface area (Å²) in [4.78, 5) is 2.31. The van der Waals surface area contributed by atoms with Crippen molar-refractivity contribution in [1.29, 1.82) is 0 Å². The fourth-order valence-electron chi connectivity index (χ4n) is 2.04. The predicted octanol–water partition coefficient (Wildman–Crippen LogP) is 2.23. The highest BCUT2D eigenvalue weighted by atomic mass is 19.1. The Morgan fingerprint density at radius 3 is 2.65 bits per heavy atom. The molecule has 0 amide bonds. The molecule has 1 saturated heterocycles. The highest BCUT2D eigenvalue weighted by Gasteiger charge is 2.10. The van der Waals surface area contributed by atoms with Gasteiger partial charge in [0.1, 0.15) is 11.6 Å². The van der Waals surface area contributed by atoms with Crippen LogP contribution in [0.2, 0.25) is 0 Å². The summed E-state index contributed by atoms with van der Waals surface area (Å²) in [5.41, 5.74) is 0.597. The molecule has 0 bridgehead atoms. The lowest BCUT2D eigenvalue weighted by Crippen LogP contribution is -2.36. The molecule has 0 aliphatic carbocycles. The van der Waals surface area contributed by atoms with Gasteiger partial charge < -0.3 is 4.74 Å². The van der Waals surface area contributed by atoms with Crippen LogP contribution in [0.1, 0.15) is 12.0 Å². The van der Waals surface area contributed by atoms with Gasteiger partial charge in [0, 0.05) is 19.2 Å². The summed E-state index contributed by atoms with van der Waals surface area (Å²) in [5.74, 6) is -0.952. The molecule has 1 aromatic rings. The van der Waals surface area contributed by atoms with Crippen molar-refractivity contribution < 1.29 is 13.5 Å². The quantitative estimate of drug-likeness (QED) is 0.801. The normalized spacial score (nSPS) is 17.3. The number of ether oxygens (including phenoxy) is 1. The second kappa shape index (κ2) is 6.07. The number of morpholine rings is 1. The molecule has 1 aliphatic heterocycles. The van der Waals surface area contributed by atoms with E-state index in [0.29, 0.717) is 12.0 Å². The Bertz CT molecular complexity index is 364. The number of hydrogen-bond acceptors (Lipinski definition) is 2. The molecule has 0 atom stereocenters. The molecule has 0 spiro atoms. The van der Waals surface area contributed by atoms with Crippen LogP contribution in [0, 0.1) is 11.6 Å². The minimum absolute atomic E-state index is 0.438. The van der Waals surface area contributed by atoms with E-state index < -0.39 is 11.6 Å². The van der Waals surface area contributed by atoms with Gasteiger partial charge in [-0.1, -0.05) is 6.07 Å². The van der Waals surface area contributed by atoms with E-state index in [9.17, 15) is 8.78 Å². The van der Waals surface area contributed by atoms with Crippen LogP contribution in [0.4, 0.5) is 8.78 Å². The van der Waals surface area contributed by atoms with Crippen molar-refractivity contribution in [3.8, 4) is 0 Å². The molecule has 1 aliphatic rings. The molecule has 4 heteroatoms. The van der Waals surface area contributed by atoms with Gasteiger partial charge >= 0.3 is 0 Å². The molecule has 1 fully saturated rings. The largest absolute Gasteiger partial charge is 0.379 e. The Morgan fingerprint density at radius 2 is 1.94 bits per heavy atom. The minimum atomic E-state index is -0.514. The average molecular weight is 241 g/mol. The van der Waals surface area contributed by atoms with Crippen molar-refractivity contribution in [2.45, 2.75) is 12.8 Å². The lowest BCUT2D eigenvalue weighted by Gasteiger charge is -2.26. The second-order valence-corrected chi connectivity index (χ2v) is 4.29. The van der Waals surface area contributed by atoms with Crippen molar-refractivity contribution in [3.63, 3.8) is 0 Å². The van der Waals surface area contributed by atoms with Crippen molar-refractivity contribution in [2.75, 3.05) is 32.8 Å². The van der Waals surface area contributed by atoms with Gasteiger partial charge in [-0.25, -0.2) is 8.78 Å². The SMILES string of the molecule is Fc1ccc(CCCN2CCOCC2)c(F)c1. The van der Waals surface area contributed by atoms with Gasteiger partial charge in [-0.2, -0.15) is 0 Å². The summed E-state index contributed by atoms with van der Waals surface area (Å²) in [6, 6.07) is 3.79. The van der Waals surface area contributed by atoms with Gasteiger partial charge in [-0.05, 0) is 31.0 Å². The molecule has 0 unspecified atom stereocenters. The van der Waals surface area contributed by atoms with Gasteiger partial charge in [0.25, 0.3) is 0 Å². The van der Waals surface area contributed by atoms with Crippen molar-refractivity contribution in [1.82, 2.24) is 4.90 Å². The highest BCUT2D eigenvalue weighted by Crippen LogP contribution is 2.12. The number of nitrogens with zero attached hydrogens (tertiary/aromatic N) is 1. The number of aryl methyl sites for hydroxylation is 1. The molecule has 2 nitrogen and oxygen atoms in total. The third kappa shape index (κ3) is 3.75. The Balaban J connectivity index is 1.77. The summed E-state index contributed by atoms with van der Waals surface area (Å²) in [6.45, 7) is 4.41. The van der Waals surface area contributed by atoms with Gasteiger partial charge in [0.15, 0.2) is 0 Å². The molecule has 0 radical (unpaired) electrons. The molecule has 1 aromatic carbocycles. The first-order valence-corrected chi connectivity index (χ1v) is 6.00. The fraction of sp³-hybridized carbons (Fsp3) is 0.538. The third-order valence-corrected chi connectivity index (χ3v) is 3.04. The molecule has 0 saturated carbocycles.